The Morgan fingerprint density at radius 2 is 0.533 bits per heavy atom. The molecule has 240 valence electrons. The molecule has 45 heavy (non-hydrogen) atoms. The van der Waals surface area contributed by atoms with Gasteiger partial charge in [0.1, 0.15) is 0 Å². The summed E-state index contributed by atoms with van der Waals surface area (Å²) in [4.78, 5) is 0. The summed E-state index contributed by atoms with van der Waals surface area (Å²) in [5.41, 5.74) is 21.7. The Balaban J connectivity index is 1.79. The average molecular weight is 601 g/mol. The van der Waals surface area contributed by atoms with Crippen LogP contribution in [0.4, 0.5) is 0 Å². The highest BCUT2D eigenvalue weighted by Crippen LogP contribution is 2.33. The van der Waals surface area contributed by atoms with Crippen molar-refractivity contribution < 1.29 is 0 Å². The van der Waals surface area contributed by atoms with Crippen LogP contribution in [0.1, 0.15) is 146 Å². The van der Waals surface area contributed by atoms with Crippen molar-refractivity contribution in [2.45, 2.75) is 139 Å². The van der Waals surface area contributed by atoms with Gasteiger partial charge in [-0.1, -0.05) is 117 Å². The SMILES string of the molecule is Cc1cc(C(C)(C)C)c(C)cc1Cc1cc(Cc2cc(C)c(C(C)(C)C)cc2C)cc(Cc2cc(C)c(C(C)(C)C)cc2C)c1. The molecule has 0 aliphatic carbocycles. The lowest BCUT2D eigenvalue weighted by atomic mass is 9.81. The van der Waals surface area contributed by atoms with Crippen molar-refractivity contribution >= 4 is 0 Å². The minimum absolute atomic E-state index is 0.150. The van der Waals surface area contributed by atoms with E-state index in [4.69, 9.17) is 0 Å². The van der Waals surface area contributed by atoms with Crippen molar-refractivity contribution in [3.63, 3.8) is 0 Å². The lowest BCUT2D eigenvalue weighted by molar-refractivity contribution is 0.585. The summed E-state index contributed by atoms with van der Waals surface area (Å²) in [5, 5.41) is 0. The van der Waals surface area contributed by atoms with Gasteiger partial charge in [-0.05, 0) is 161 Å². The van der Waals surface area contributed by atoms with Gasteiger partial charge in [0.25, 0.3) is 0 Å². The lowest BCUT2D eigenvalue weighted by Gasteiger charge is -2.24. The Morgan fingerprint density at radius 1 is 0.311 bits per heavy atom. The molecule has 0 aromatic heterocycles. The Kier molecular flexibility index (Phi) is 9.72. The molecule has 0 saturated heterocycles. The first-order chi connectivity index (χ1) is 20.6. The predicted octanol–water partition coefficient (Wildman–Crippen LogP) is 12.2. The van der Waals surface area contributed by atoms with Gasteiger partial charge in [-0.3, -0.25) is 0 Å². The molecule has 0 radical (unpaired) electrons. The van der Waals surface area contributed by atoms with Gasteiger partial charge in [-0.2, -0.15) is 0 Å². The summed E-state index contributed by atoms with van der Waals surface area (Å²) in [5.74, 6) is 0. The molecule has 0 spiro atoms. The average Bonchev–Trinajstić information content (AvgIpc) is 2.88. The van der Waals surface area contributed by atoms with Crippen LogP contribution >= 0.6 is 0 Å². The molecule has 0 nitrogen and oxygen atoms in total. The quantitative estimate of drug-likeness (QED) is 0.206. The van der Waals surface area contributed by atoms with E-state index in [0.29, 0.717) is 0 Å². The molecule has 0 aliphatic rings. The second-order valence-corrected chi connectivity index (χ2v) is 17.2. The van der Waals surface area contributed by atoms with Gasteiger partial charge in [0.15, 0.2) is 0 Å². The van der Waals surface area contributed by atoms with E-state index in [0.717, 1.165) is 19.3 Å². The zero-order valence-corrected chi connectivity index (χ0v) is 31.3. The second-order valence-electron chi connectivity index (χ2n) is 17.2. The zero-order valence-electron chi connectivity index (χ0n) is 31.3. The Hall–Kier alpha value is -3.12. The monoisotopic (exact) mass is 600 g/mol. The van der Waals surface area contributed by atoms with Crippen LogP contribution in [0.15, 0.2) is 54.6 Å². The first-order valence-electron chi connectivity index (χ1n) is 17.1. The van der Waals surface area contributed by atoms with E-state index < -0.39 is 0 Å². The van der Waals surface area contributed by atoms with Crippen molar-refractivity contribution in [2.75, 3.05) is 0 Å². The van der Waals surface area contributed by atoms with E-state index in [1.165, 1.54) is 83.5 Å². The standard InChI is InChI=1S/C45H60/c1-28-19-40(43(7,8)9)31(4)16-37(28)25-34-22-35(26-38-17-32(5)41(20-29(38)2)44(10,11)12)24-36(23-34)27-39-18-33(6)42(21-30(39)3)45(13,14)15/h16-24H,25-27H2,1-15H3. The summed E-state index contributed by atoms with van der Waals surface area (Å²) < 4.78 is 0. The highest BCUT2D eigenvalue weighted by molar-refractivity contribution is 5.48. The number of hydrogen-bond donors (Lipinski definition) is 0. The van der Waals surface area contributed by atoms with Crippen LogP contribution in [0, 0.1) is 41.5 Å². The fourth-order valence-electron chi connectivity index (χ4n) is 7.43. The van der Waals surface area contributed by atoms with Crippen LogP contribution in [0.2, 0.25) is 0 Å². The van der Waals surface area contributed by atoms with Crippen molar-refractivity contribution in [3.05, 3.63) is 138 Å². The molecule has 4 aromatic carbocycles. The molecule has 0 saturated carbocycles. The van der Waals surface area contributed by atoms with E-state index in [2.05, 4.69) is 158 Å². The van der Waals surface area contributed by atoms with E-state index in [-0.39, 0.29) is 16.2 Å². The molecular weight excluding hydrogens is 540 g/mol. The zero-order chi connectivity index (χ0) is 33.6. The van der Waals surface area contributed by atoms with Crippen LogP contribution in [-0.4, -0.2) is 0 Å². The van der Waals surface area contributed by atoms with Crippen LogP contribution in [0.3, 0.4) is 0 Å². The molecule has 0 amide bonds. The summed E-state index contributed by atoms with van der Waals surface area (Å²) in [6.45, 7) is 34.6. The van der Waals surface area contributed by atoms with Gasteiger partial charge in [0, 0.05) is 0 Å². The summed E-state index contributed by atoms with van der Waals surface area (Å²) in [6, 6.07) is 22.1. The smallest absolute Gasteiger partial charge is 0.00228 e. The Labute approximate surface area is 276 Å². The maximum Gasteiger partial charge on any atom is -0.00228 e. The molecule has 0 fully saturated rings. The molecule has 0 atom stereocenters. The summed E-state index contributed by atoms with van der Waals surface area (Å²) in [6.07, 6.45) is 2.87. The lowest BCUT2D eigenvalue weighted by Crippen LogP contribution is -2.14. The molecule has 0 heteroatoms. The number of rotatable bonds is 6. The number of benzene rings is 4. The van der Waals surface area contributed by atoms with E-state index in [1.807, 2.05) is 0 Å². The highest BCUT2D eigenvalue weighted by atomic mass is 14.3. The minimum Gasteiger partial charge on any atom is -0.0561 e. The van der Waals surface area contributed by atoms with Gasteiger partial charge in [-0.25, -0.2) is 0 Å². The first kappa shape index (κ1) is 34.7. The van der Waals surface area contributed by atoms with Gasteiger partial charge in [0.05, 0.1) is 0 Å². The fraction of sp³-hybridized carbons (Fsp3) is 0.467. The van der Waals surface area contributed by atoms with Crippen molar-refractivity contribution in [2.24, 2.45) is 0 Å². The molecule has 0 unspecified atom stereocenters. The van der Waals surface area contributed by atoms with Crippen molar-refractivity contribution in [3.8, 4) is 0 Å². The Morgan fingerprint density at radius 3 is 0.733 bits per heavy atom. The van der Waals surface area contributed by atoms with Crippen molar-refractivity contribution in [1.29, 1.82) is 0 Å². The molecule has 0 heterocycles. The first-order valence-corrected chi connectivity index (χ1v) is 17.1. The summed E-state index contributed by atoms with van der Waals surface area (Å²) >= 11 is 0. The molecule has 0 N–H and O–H groups in total. The van der Waals surface area contributed by atoms with E-state index in [1.54, 1.807) is 0 Å². The topological polar surface area (TPSA) is 0 Å². The maximum atomic E-state index is 2.48. The van der Waals surface area contributed by atoms with Crippen molar-refractivity contribution in [1.82, 2.24) is 0 Å². The van der Waals surface area contributed by atoms with Crippen LogP contribution in [-0.2, 0) is 35.5 Å². The van der Waals surface area contributed by atoms with Crippen LogP contribution in [0.25, 0.3) is 0 Å². The van der Waals surface area contributed by atoms with Gasteiger partial charge in [-0.15, -0.1) is 0 Å². The number of hydrogen-bond acceptors (Lipinski definition) is 0. The van der Waals surface area contributed by atoms with Gasteiger partial charge >= 0.3 is 0 Å². The van der Waals surface area contributed by atoms with E-state index in [9.17, 15) is 0 Å². The second kappa shape index (κ2) is 12.6. The molecule has 4 rings (SSSR count). The molecule has 0 bridgehead atoms. The third-order valence-electron chi connectivity index (χ3n) is 9.77. The third kappa shape index (κ3) is 8.19. The normalized spacial score (nSPS) is 12.6. The van der Waals surface area contributed by atoms with Gasteiger partial charge in [0.2, 0.25) is 0 Å². The fourth-order valence-corrected chi connectivity index (χ4v) is 7.43. The third-order valence-corrected chi connectivity index (χ3v) is 9.77. The largest absolute Gasteiger partial charge is 0.0561 e. The molecular formula is C45H60. The van der Waals surface area contributed by atoms with Gasteiger partial charge < -0.3 is 0 Å². The Bertz CT molecular complexity index is 1490. The van der Waals surface area contributed by atoms with Crippen LogP contribution < -0.4 is 0 Å². The molecule has 0 aliphatic heterocycles. The van der Waals surface area contributed by atoms with Crippen LogP contribution in [0.5, 0.6) is 0 Å². The number of aryl methyl sites for hydroxylation is 6. The molecule has 4 aromatic rings. The maximum absolute atomic E-state index is 2.48. The summed E-state index contributed by atoms with van der Waals surface area (Å²) in [7, 11) is 0. The predicted molar refractivity (Wildman–Crippen MR) is 199 cm³/mol. The highest BCUT2D eigenvalue weighted by Gasteiger charge is 2.21. The van der Waals surface area contributed by atoms with E-state index >= 15 is 0 Å². The minimum atomic E-state index is 0.150.